The summed E-state index contributed by atoms with van der Waals surface area (Å²) in [4.78, 5) is 14.7. The van der Waals surface area contributed by atoms with E-state index in [0.717, 1.165) is 0 Å². The number of aryl methyl sites for hydroxylation is 1. The van der Waals surface area contributed by atoms with E-state index >= 15 is 0 Å². The number of aromatic nitrogens is 1. The monoisotopic (exact) mass is 270 g/mol. The highest BCUT2D eigenvalue weighted by molar-refractivity contribution is 5.78. The minimum atomic E-state index is -0.437. The highest BCUT2D eigenvalue weighted by Crippen LogP contribution is 2.29. The van der Waals surface area contributed by atoms with Gasteiger partial charge in [-0.05, 0) is 25.1 Å². The zero-order valence-corrected chi connectivity index (χ0v) is 10.5. The largest absolute Gasteiger partial charge is 0.508 e. The van der Waals surface area contributed by atoms with Crippen molar-refractivity contribution in [2.24, 2.45) is 0 Å². The third-order valence-electron chi connectivity index (χ3n) is 3.02. The summed E-state index contributed by atoms with van der Waals surface area (Å²) in [6.07, 6.45) is 0. The van der Waals surface area contributed by atoms with Gasteiger partial charge in [-0.15, -0.1) is 0 Å². The van der Waals surface area contributed by atoms with Crippen LogP contribution in [0.2, 0.25) is 0 Å². The van der Waals surface area contributed by atoms with E-state index in [4.69, 9.17) is 4.42 Å². The fraction of sp³-hybridized carbons (Fsp3) is 0.0714. The molecule has 1 N–H and O–H groups in total. The number of hydrogen-bond acceptors (Lipinski definition) is 5. The summed E-state index contributed by atoms with van der Waals surface area (Å²) in [6.45, 7) is 1.67. The van der Waals surface area contributed by atoms with E-state index in [1.165, 1.54) is 18.2 Å². The Bertz CT molecular complexity index is 823. The number of aromatic hydroxyl groups is 1. The number of benzene rings is 2. The maximum absolute atomic E-state index is 10.9. The van der Waals surface area contributed by atoms with Crippen molar-refractivity contribution in [2.75, 3.05) is 0 Å². The van der Waals surface area contributed by atoms with Crippen LogP contribution in [0, 0.1) is 17.0 Å². The number of nitro groups is 1. The lowest BCUT2D eigenvalue weighted by molar-refractivity contribution is -0.385. The Labute approximate surface area is 113 Å². The molecule has 6 nitrogen and oxygen atoms in total. The molecule has 0 bridgehead atoms. The van der Waals surface area contributed by atoms with Crippen LogP contribution in [0.3, 0.4) is 0 Å². The van der Waals surface area contributed by atoms with Crippen LogP contribution >= 0.6 is 0 Å². The molecular formula is C14H10N2O4. The molecule has 1 aromatic heterocycles. The first-order valence-corrected chi connectivity index (χ1v) is 5.89. The maximum Gasteiger partial charge on any atom is 0.273 e. The topological polar surface area (TPSA) is 89.4 Å². The lowest BCUT2D eigenvalue weighted by atomic mass is 10.1. The number of oxazole rings is 1. The number of rotatable bonds is 2. The number of phenolic OH excluding ortho intramolecular Hbond substituents is 1. The molecule has 0 aliphatic heterocycles. The smallest absolute Gasteiger partial charge is 0.273 e. The van der Waals surface area contributed by atoms with Gasteiger partial charge in [-0.2, -0.15) is 0 Å². The van der Waals surface area contributed by atoms with Gasteiger partial charge in [0.2, 0.25) is 5.89 Å². The van der Waals surface area contributed by atoms with E-state index < -0.39 is 4.92 Å². The maximum atomic E-state index is 10.9. The molecule has 3 rings (SSSR count). The Balaban J connectivity index is 2.15. The Kier molecular flexibility index (Phi) is 2.64. The van der Waals surface area contributed by atoms with Crippen molar-refractivity contribution in [3.63, 3.8) is 0 Å². The van der Waals surface area contributed by atoms with Crippen molar-refractivity contribution >= 4 is 16.8 Å². The lowest BCUT2D eigenvalue weighted by Gasteiger charge is -1.99. The molecule has 0 unspecified atom stereocenters. The van der Waals surface area contributed by atoms with Crippen molar-refractivity contribution in [1.29, 1.82) is 0 Å². The van der Waals surface area contributed by atoms with Crippen LogP contribution < -0.4 is 0 Å². The van der Waals surface area contributed by atoms with Gasteiger partial charge in [0.05, 0.1) is 4.92 Å². The molecular weight excluding hydrogens is 260 g/mol. The van der Waals surface area contributed by atoms with Crippen LogP contribution in [-0.2, 0) is 0 Å². The van der Waals surface area contributed by atoms with Crippen LogP contribution in [-0.4, -0.2) is 15.0 Å². The third-order valence-corrected chi connectivity index (χ3v) is 3.02. The Hall–Kier alpha value is -2.89. The number of nitrogens with zero attached hydrogens (tertiary/aromatic N) is 2. The second kappa shape index (κ2) is 4.34. The molecule has 20 heavy (non-hydrogen) atoms. The van der Waals surface area contributed by atoms with Crippen molar-refractivity contribution in [2.45, 2.75) is 6.92 Å². The first-order valence-electron chi connectivity index (χ1n) is 5.89. The van der Waals surface area contributed by atoms with Gasteiger partial charge in [-0.25, -0.2) is 4.98 Å². The molecule has 100 valence electrons. The van der Waals surface area contributed by atoms with Crippen LogP contribution in [0.5, 0.6) is 5.75 Å². The van der Waals surface area contributed by atoms with Crippen LogP contribution in [0.15, 0.2) is 40.8 Å². The summed E-state index contributed by atoms with van der Waals surface area (Å²) >= 11 is 0. The van der Waals surface area contributed by atoms with Gasteiger partial charge >= 0.3 is 0 Å². The number of fused-ring (bicyclic) bond motifs is 1. The standard InChI is InChI=1S/C14H10N2O4/c1-8-2-3-9(6-12(8)16(18)19)14-15-11-7-10(17)4-5-13(11)20-14/h2-7,17H,1H3. The minimum absolute atomic E-state index is 0.0209. The average Bonchev–Trinajstić information content (AvgIpc) is 2.81. The molecule has 3 aromatic rings. The molecule has 0 radical (unpaired) electrons. The van der Waals surface area contributed by atoms with E-state index in [-0.39, 0.29) is 17.3 Å². The van der Waals surface area contributed by atoms with E-state index in [0.29, 0.717) is 22.2 Å². The van der Waals surface area contributed by atoms with Gasteiger partial charge in [-0.3, -0.25) is 10.1 Å². The summed E-state index contributed by atoms with van der Waals surface area (Å²) < 4.78 is 5.54. The van der Waals surface area contributed by atoms with Crippen molar-refractivity contribution in [1.82, 2.24) is 4.98 Å². The van der Waals surface area contributed by atoms with Crippen molar-refractivity contribution in [3.8, 4) is 17.2 Å². The van der Waals surface area contributed by atoms with Gasteiger partial charge in [0, 0.05) is 23.3 Å². The quantitative estimate of drug-likeness (QED) is 0.569. The molecule has 0 spiro atoms. The van der Waals surface area contributed by atoms with Gasteiger partial charge in [-0.1, -0.05) is 6.07 Å². The normalized spacial score (nSPS) is 10.8. The zero-order chi connectivity index (χ0) is 14.3. The second-order valence-corrected chi connectivity index (χ2v) is 4.43. The first-order chi connectivity index (χ1) is 9.54. The summed E-state index contributed by atoms with van der Waals surface area (Å²) in [5, 5.41) is 20.3. The van der Waals surface area contributed by atoms with Gasteiger partial charge < -0.3 is 9.52 Å². The molecule has 0 saturated carbocycles. The number of phenols is 1. The van der Waals surface area contributed by atoms with Gasteiger partial charge in [0.25, 0.3) is 5.69 Å². The Morgan fingerprint density at radius 3 is 2.80 bits per heavy atom. The summed E-state index contributed by atoms with van der Waals surface area (Å²) in [6, 6.07) is 9.37. The molecule has 0 fully saturated rings. The Morgan fingerprint density at radius 2 is 2.05 bits per heavy atom. The summed E-state index contributed by atoms with van der Waals surface area (Å²) in [5.74, 6) is 0.376. The molecule has 0 saturated heterocycles. The second-order valence-electron chi connectivity index (χ2n) is 4.43. The fourth-order valence-corrected chi connectivity index (χ4v) is 1.98. The SMILES string of the molecule is Cc1ccc(-c2nc3cc(O)ccc3o2)cc1[N+](=O)[O-]. The Morgan fingerprint density at radius 1 is 1.25 bits per heavy atom. The highest BCUT2D eigenvalue weighted by Gasteiger charge is 2.15. The molecule has 0 atom stereocenters. The van der Waals surface area contributed by atoms with E-state index in [9.17, 15) is 15.2 Å². The summed E-state index contributed by atoms with van der Waals surface area (Å²) in [5.41, 5.74) is 2.14. The van der Waals surface area contributed by atoms with Crippen molar-refractivity contribution < 1.29 is 14.4 Å². The first kappa shape index (κ1) is 12.2. The van der Waals surface area contributed by atoms with E-state index in [1.807, 2.05) is 0 Å². The molecule has 0 aliphatic carbocycles. The van der Waals surface area contributed by atoms with Crippen molar-refractivity contribution in [3.05, 3.63) is 52.1 Å². The zero-order valence-electron chi connectivity index (χ0n) is 10.5. The highest BCUT2D eigenvalue weighted by atomic mass is 16.6. The average molecular weight is 270 g/mol. The molecule has 0 amide bonds. The predicted octanol–water partition coefficient (Wildman–Crippen LogP) is 3.42. The fourth-order valence-electron chi connectivity index (χ4n) is 1.98. The molecule has 2 aromatic carbocycles. The van der Waals surface area contributed by atoms with Gasteiger partial charge in [0.15, 0.2) is 5.58 Å². The van der Waals surface area contributed by atoms with Crippen LogP contribution in [0.1, 0.15) is 5.56 Å². The molecule has 0 aliphatic rings. The minimum Gasteiger partial charge on any atom is -0.508 e. The van der Waals surface area contributed by atoms with E-state index in [2.05, 4.69) is 4.98 Å². The molecule has 1 heterocycles. The van der Waals surface area contributed by atoms with Crippen LogP contribution in [0.4, 0.5) is 5.69 Å². The lowest BCUT2D eigenvalue weighted by Crippen LogP contribution is -1.92. The predicted molar refractivity (Wildman–Crippen MR) is 72.5 cm³/mol. The third kappa shape index (κ3) is 1.97. The number of hydrogen-bond donors (Lipinski definition) is 1. The van der Waals surface area contributed by atoms with E-state index in [1.54, 1.807) is 25.1 Å². The summed E-state index contributed by atoms with van der Waals surface area (Å²) in [7, 11) is 0. The molecule has 6 heteroatoms. The number of nitro benzene ring substituents is 1. The van der Waals surface area contributed by atoms with Gasteiger partial charge in [0.1, 0.15) is 11.3 Å². The van der Waals surface area contributed by atoms with Crippen LogP contribution in [0.25, 0.3) is 22.6 Å².